The highest BCUT2D eigenvalue weighted by molar-refractivity contribution is 6.05. The van der Waals surface area contributed by atoms with Gasteiger partial charge in [0.1, 0.15) is 5.82 Å². The zero-order valence-corrected chi connectivity index (χ0v) is 12.3. The maximum atomic E-state index is 13.6. The first-order valence-electron chi connectivity index (χ1n) is 6.84. The molecule has 0 fully saturated rings. The molecule has 4 nitrogen and oxygen atoms in total. The van der Waals surface area contributed by atoms with Crippen LogP contribution in [-0.2, 0) is 4.74 Å². The molecule has 0 aromatic heterocycles. The van der Waals surface area contributed by atoms with Crippen molar-refractivity contribution in [2.45, 2.75) is 20.0 Å². The van der Waals surface area contributed by atoms with Crippen molar-refractivity contribution < 1.29 is 18.7 Å². The Labute approximate surface area is 127 Å². The highest BCUT2D eigenvalue weighted by Gasteiger charge is 2.13. The van der Waals surface area contributed by atoms with Crippen molar-refractivity contribution in [3.05, 3.63) is 65.5 Å². The van der Waals surface area contributed by atoms with Gasteiger partial charge in [-0.15, -0.1) is 0 Å². The van der Waals surface area contributed by atoms with Crippen LogP contribution >= 0.6 is 0 Å². The normalized spacial score (nSPS) is 10.4. The number of rotatable bonds is 4. The van der Waals surface area contributed by atoms with Gasteiger partial charge in [0.2, 0.25) is 0 Å². The monoisotopic (exact) mass is 301 g/mol. The molecule has 114 valence electrons. The summed E-state index contributed by atoms with van der Waals surface area (Å²) in [6.45, 7) is 3.50. The van der Waals surface area contributed by atoms with Crippen LogP contribution in [0.25, 0.3) is 0 Å². The van der Waals surface area contributed by atoms with Gasteiger partial charge in [-0.3, -0.25) is 4.79 Å². The largest absolute Gasteiger partial charge is 0.459 e. The van der Waals surface area contributed by atoms with Gasteiger partial charge in [0.25, 0.3) is 5.91 Å². The van der Waals surface area contributed by atoms with Crippen LogP contribution in [0.5, 0.6) is 0 Å². The van der Waals surface area contributed by atoms with Crippen molar-refractivity contribution >= 4 is 17.6 Å². The number of benzene rings is 2. The van der Waals surface area contributed by atoms with Crippen molar-refractivity contribution in [2.75, 3.05) is 5.32 Å². The number of esters is 1. The average Bonchev–Trinajstić information content (AvgIpc) is 2.47. The third kappa shape index (κ3) is 3.91. The van der Waals surface area contributed by atoms with E-state index in [4.69, 9.17) is 4.74 Å². The molecule has 0 aliphatic rings. The first-order chi connectivity index (χ1) is 10.5. The minimum atomic E-state index is -0.602. The van der Waals surface area contributed by atoms with Gasteiger partial charge < -0.3 is 10.1 Å². The van der Waals surface area contributed by atoms with E-state index >= 15 is 0 Å². The van der Waals surface area contributed by atoms with Gasteiger partial charge in [-0.25, -0.2) is 9.18 Å². The lowest BCUT2D eigenvalue weighted by Gasteiger charge is -2.10. The summed E-state index contributed by atoms with van der Waals surface area (Å²) in [6.07, 6.45) is -0.232. The zero-order valence-electron chi connectivity index (χ0n) is 12.3. The summed E-state index contributed by atoms with van der Waals surface area (Å²) in [5.74, 6) is -1.65. The lowest BCUT2D eigenvalue weighted by Crippen LogP contribution is -2.15. The van der Waals surface area contributed by atoms with Gasteiger partial charge in [0, 0.05) is 5.69 Å². The Hall–Kier alpha value is -2.69. The van der Waals surface area contributed by atoms with Crippen molar-refractivity contribution in [1.29, 1.82) is 0 Å². The molecule has 0 saturated heterocycles. The second kappa shape index (κ2) is 6.85. The van der Waals surface area contributed by atoms with Crippen LogP contribution in [-0.4, -0.2) is 18.0 Å². The van der Waals surface area contributed by atoms with Crippen molar-refractivity contribution in [3.63, 3.8) is 0 Å². The Morgan fingerprint density at radius 1 is 1.09 bits per heavy atom. The summed E-state index contributed by atoms with van der Waals surface area (Å²) < 4.78 is 18.6. The topological polar surface area (TPSA) is 55.4 Å². The minimum Gasteiger partial charge on any atom is -0.459 e. The predicted octanol–water partition coefficient (Wildman–Crippen LogP) is 3.64. The van der Waals surface area contributed by atoms with E-state index in [1.807, 2.05) is 0 Å². The van der Waals surface area contributed by atoms with E-state index in [9.17, 15) is 14.0 Å². The maximum Gasteiger partial charge on any atom is 0.338 e. The summed E-state index contributed by atoms with van der Waals surface area (Å²) in [5.41, 5.74) is 0.657. The molecule has 0 bridgehead atoms. The highest BCUT2D eigenvalue weighted by Crippen LogP contribution is 2.15. The van der Waals surface area contributed by atoms with Gasteiger partial charge in [-0.05, 0) is 44.2 Å². The summed E-state index contributed by atoms with van der Waals surface area (Å²) in [4.78, 5) is 23.8. The Balaban J connectivity index is 2.15. The van der Waals surface area contributed by atoms with Crippen molar-refractivity contribution in [3.8, 4) is 0 Å². The molecule has 0 heterocycles. The Kier molecular flexibility index (Phi) is 4.88. The minimum absolute atomic E-state index is 0.0577. The first kappa shape index (κ1) is 15.7. The summed E-state index contributed by atoms with van der Waals surface area (Å²) in [5, 5.41) is 2.56. The van der Waals surface area contributed by atoms with Crippen molar-refractivity contribution in [2.24, 2.45) is 0 Å². The van der Waals surface area contributed by atoms with Crippen LogP contribution in [0.2, 0.25) is 0 Å². The van der Waals surface area contributed by atoms with Gasteiger partial charge in [-0.2, -0.15) is 0 Å². The summed E-state index contributed by atoms with van der Waals surface area (Å²) in [6, 6.07) is 12.0. The van der Waals surface area contributed by atoms with Crippen LogP contribution in [0, 0.1) is 5.82 Å². The van der Waals surface area contributed by atoms with E-state index in [0.717, 1.165) is 0 Å². The van der Waals surface area contributed by atoms with Gasteiger partial charge in [0.05, 0.1) is 17.2 Å². The molecule has 1 amide bonds. The molecule has 22 heavy (non-hydrogen) atoms. The number of carbonyl (C=O) groups is 2. The number of hydrogen-bond donors (Lipinski definition) is 1. The lowest BCUT2D eigenvalue weighted by atomic mass is 10.1. The average molecular weight is 301 g/mol. The molecular formula is C17H16FNO3. The molecule has 0 aliphatic heterocycles. The van der Waals surface area contributed by atoms with Crippen LogP contribution in [0.1, 0.15) is 34.6 Å². The molecule has 0 spiro atoms. The number of anilines is 1. The lowest BCUT2D eigenvalue weighted by molar-refractivity contribution is 0.0377. The Morgan fingerprint density at radius 2 is 1.82 bits per heavy atom. The molecule has 2 rings (SSSR count). The van der Waals surface area contributed by atoms with E-state index in [2.05, 4.69) is 5.32 Å². The molecule has 0 saturated carbocycles. The van der Waals surface area contributed by atoms with Gasteiger partial charge >= 0.3 is 5.97 Å². The summed E-state index contributed by atoms with van der Waals surface area (Å²) >= 11 is 0. The molecule has 2 aromatic rings. The van der Waals surface area contributed by atoms with Crippen LogP contribution in [0.4, 0.5) is 10.1 Å². The Bertz CT molecular complexity index is 698. The van der Waals surface area contributed by atoms with E-state index in [-0.39, 0.29) is 11.7 Å². The zero-order chi connectivity index (χ0) is 16.1. The Morgan fingerprint density at radius 3 is 2.50 bits per heavy atom. The van der Waals surface area contributed by atoms with E-state index < -0.39 is 17.7 Å². The van der Waals surface area contributed by atoms with Crippen LogP contribution in [0.15, 0.2) is 48.5 Å². The fraction of sp³-hybridized carbons (Fsp3) is 0.176. The fourth-order valence-corrected chi connectivity index (χ4v) is 1.85. The number of hydrogen-bond acceptors (Lipinski definition) is 3. The smallest absolute Gasteiger partial charge is 0.338 e. The third-order valence-electron chi connectivity index (χ3n) is 2.82. The molecule has 1 N–H and O–H groups in total. The quantitative estimate of drug-likeness (QED) is 0.877. The predicted molar refractivity (Wildman–Crippen MR) is 81.3 cm³/mol. The number of nitrogens with one attached hydrogen (secondary N) is 1. The molecule has 5 heteroatoms. The number of amides is 1. The molecular weight excluding hydrogens is 285 g/mol. The van der Waals surface area contributed by atoms with Gasteiger partial charge in [0.15, 0.2) is 0 Å². The van der Waals surface area contributed by atoms with E-state index in [0.29, 0.717) is 11.3 Å². The molecule has 0 radical (unpaired) electrons. The standard InChI is InChI=1S/C17H16FNO3/c1-11(2)22-17(21)12-6-5-7-13(10-12)19-16(20)14-8-3-4-9-15(14)18/h3-11H,1-2H3,(H,19,20). The van der Waals surface area contributed by atoms with E-state index in [1.165, 1.54) is 24.3 Å². The molecule has 0 atom stereocenters. The second-order valence-electron chi connectivity index (χ2n) is 4.97. The van der Waals surface area contributed by atoms with Gasteiger partial charge in [-0.1, -0.05) is 18.2 Å². The third-order valence-corrected chi connectivity index (χ3v) is 2.82. The first-order valence-corrected chi connectivity index (χ1v) is 6.84. The van der Waals surface area contributed by atoms with Crippen molar-refractivity contribution in [1.82, 2.24) is 0 Å². The van der Waals surface area contributed by atoms with Crippen LogP contribution < -0.4 is 5.32 Å². The second-order valence-corrected chi connectivity index (χ2v) is 4.97. The van der Waals surface area contributed by atoms with E-state index in [1.54, 1.807) is 38.1 Å². The van der Waals surface area contributed by atoms with Crippen LogP contribution in [0.3, 0.4) is 0 Å². The fourth-order valence-electron chi connectivity index (χ4n) is 1.85. The number of ether oxygens (including phenoxy) is 1. The molecule has 0 aliphatic carbocycles. The number of halogens is 1. The number of carbonyl (C=O) groups excluding carboxylic acids is 2. The summed E-state index contributed by atoms with van der Waals surface area (Å²) in [7, 11) is 0. The highest BCUT2D eigenvalue weighted by atomic mass is 19.1. The SMILES string of the molecule is CC(C)OC(=O)c1cccc(NC(=O)c2ccccc2F)c1. The molecule has 2 aromatic carbocycles. The molecule has 0 unspecified atom stereocenters. The maximum absolute atomic E-state index is 13.6.